The zero-order chi connectivity index (χ0) is 23.3. The van der Waals surface area contributed by atoms with Crippen LogP contribution >= 0.6 is 0 Å². The van der Waals surface area contributed by atoms with Crippen LogP contribution in [0.4, 0.5) is 17.1 Å². The summed E-state index contributed by atoms with van der Waals surface area (Å²) < 4.78 is 33.5. The minimum Gasteiger partial charge on any atom is -0.507 e. The van der Waals surface area contributed by atoms with Crippen molar-refractivity contribution in [2.75, 3.05) is 17.3 Å². The van der Waals surface area contributed by atoms with Gasteiger partial charge in [0.1, 0.15) is 16.4 Å². The van der Waals surface area contributed by atoms with Crippen LogP contribution in [0.25, 0.3) is 0 Å². The molecule has 0 saturated carbocycles. The number of hydrazone groups is 1. The second-order valence-corrected chi connectivity index (χ2v) is 8.25. The number of nitrogens with zero attached hydrogens (tertiary/aromatic N) is 2. The number of hydrogen-bond donors (Lipinski definition) is 3. The topological polar surface area (TPSA) is 143 Å². The molecule has 0 atom stereocenters. The Kier molecular flexibility index (Phi) is 6.59. The number of nitrogens with one attached hydrogen (secondary N) is 2. The van der Waals surface area contributed by atoms with Crippen LogP contribution in [0.2, 0.25) is 0 Å². The molecular formula is C21H20N4O6S. The van der Waals surface area contributed by atoms with Crippen molar-refractivity contribution >= 4 is 32.8 Å². The number of sulfonamides is 1. The van der Waals surface area contributed by atoms with E-state index in [4.69, 9.17) is 4.74 Å². The average molecular weight is 456 g/mol. The maximum absolute atomic E-state index is 13.0. The molecule has 10 nitrogen and oxygen atoms in total. The molecular weight excluding hydrogens is 436 g/mol. The first kappa shape index (κ1) is 22.6. The summed E-state index contributed by atoms with van der Waals surface area (Å²) in [4.78, 5) is 10.2. The van der Waals surface area contributed by atoms with E-state index >= 15 is 0 Å². The standard InChI is InChI=1S/C21H20N4O6S/c1-14(18-5-3-4-6-20(18)26)22-23-19-12-9-16(25(27)28)13-21(19)32(29,30)24-15-7-10-17(31-2)11-8-15/h3-13,23-24,26H,1-2H3/b22-14+. The van der Waals surface area contributed by atoms with E-state index in [1.165, 1.54) is 37.4 Å². The molecule has 0 aliphatic rings. The van der Waals surface area contributed by atoms with Crippen LogP contribution in [0.1, 0.15) is 12.5 Å². The molecule has 0 bridgehead atoms. The molecule has 3 aromatic carbocycles. The number of para-hydroxylation sites is 1. The first-order chi connectivity index (χ1) is 15.2. The zero-order valence-corrected chi connectivity index (χ0v) is 18.0. The molecule has 0 radical (unpaired) electrons. The van der Waals surface area contributed by atoms with E-state index in [-0.39, 0.29) is 22.0 Å². The lowest BCUT2D eigenvalue weighted by Crippen LogP contribution is -2.15. The lowest BCUT2D eigenvalue weighted by Gasteiger charge is -2.13. The van der Waals surface area contributed by atoms with Crippen molar-refractivity contribution < 1.29 is 23.2 Å². The van der Waals surface area contributed by atoms with Crippen molar-refractivity contribution in [2.45, 2.75) is 11.8 Å². The first-order valence-corrected chi connectivity index (χ1v) is 10.7. The highest BCUT2D eigenvalue weighted by molar-refractivity contribution is 7.92. The van der Waals surface area contributed by atoms with Crippen molar-refractivity contribution in [1.29, 1.82) is 0 Å². The maximum atomic E-state index is 13.0. The lowest BCUT2D eigenvalue weighted by atomic mass is 10.1. The summed E-state index contributed by atoms with van der Waals surface area (Å²) in [5.74, 6) is 0.549. The Morgan fingerprint density at radius 3 is 2.41 bits per heavy atom. The van der Waals surface area contributed by atoms with Gasteiger partial charge in [-0.2, -0.15) is 5.10 Å². The molecule has 0 amide bonds. The predicted octanol–water partition coefficient (Wildman–Crippen LogP) is 3.95. The van der Waals surface area contributed by atoms with Gasteiger partial charge in [-0.1, -0.05) is 12.1 Å². The van der Waals surface area contributed by atoms with Crippen molar-refractivity contribution in [1.82, 2.24) is 0 Å². The monoisotopic (exact) mass is 456 g/mol. The number of anilines is 2. The molecule has 0 unspecified atom stereocenters. The summed E-state index contributed by atoms with van der Waals surface area (Å²) in [7, 11) is -2.73. The Hall–Kier alpha value is -4.12. The molecule has 166 valence electrons. The number of non-ortho nitro benzene ring substituents is 1. The molecule has 0 aliphatic heterocycles. The van der Waals surface area contributed by atoms with Gasteiger partial charge in [0, 0.05) is 23.4 Å². The average Bonchev–Trinajstić information content (AvgIpc) is 2.78. The number of ether oxygens (including phenoxy) is 1. The Morgan fingerprint density at radius 2 is 1.78 bits per heavy atom. The van der Waals surface area contributed by atoms with Gasteiger partial charge in [-0.3, -0.25) is 20.3 Å². The first-order valence-electron chi connectivity index (χ1n) is 9.25. The van der Waals surface area contributed by atoms with Crippen LogP contribution in [-0.4, -0.2) is 31.3 Å². The van der Waals surface area contributed by atoms with Gasteiger partial charge in [-0.25, -0.2) is 8.42 Å². The number of methoxy groups -OCH3 is 1. The fraction of sp³-hybridized carbons (Fsp3) is 0.0952. The summed E-state index contributed by atoms with van der Waals surface area (Å²) in [6.45, 7) is 1.62. The van der Waals surface area contributed by atoms with Gasteiger partial charge < -0.3 is 9.84 Å². The Labute approximate surface area is 184 Å². The van der Waals surface area contributed by atoms with Gasteiger partial charge in [-0.05, 0) is 49.4 Å². The van der Waals surface area contributed by atoms with Gasteiger partial charge in [0.05, 0.1) is 23.4 Å². The fourth-order valence-electron chi connectivity index (χ4n) is 2.79. The van der Waals surface area contributed by atoms with Crippen LogP contribution in [0.5, 0.6) is 11.5 Å². The van der Waals surface area contributed by atoms with E-state index in [9.17, 15) is 23.6 Å². The number of phenolic OH excluding ortho intramolecular Hbond substituents is 1. The smallest absolute Gasteiger partial charge is 0.270 e. The summed E-state index contributed by atoms with van der Waals surface area (Å²) in [6, 6.07) is 16.0. The zero-order valence-electron chi connectivity index (χ0n) is 17.1. The van der Waals surface area contributed by atoms with Crippen molar-refractivity contribution in [3.63, 3.8) is 0 Å². The van der Waals surface area contributed by atoms with Gasteiger partial charge in [0.2, 0.25) is 0 Å². The van der Waals surface area contributed by atoms with Gasteiger partial charge in [0.25, 0.3) is 15.7 Å². The lowest BCUT2D eigenvalue weighted by molar-refractivity contribution is -0.385. The molecule has 11 heteroatoms. The predicted molar refractivity (Wildman–Crippen MR) is 121 cm³/mol. The van der Waals surface area contributed by atoms with E-state index in [1.807, 2.05) is 0 Å². The highest BCUT2D eigenvalue weighted by Gasteiger charge is 2.23. The highest BCUT2D eigenvalue weighted by Crippen LogP contribution is 2.29. The molecule has 3 rings (SSSR count). The SMILES string of the molecule is COc1ccc(NS(=O)(=O)c2cc([N+](=O)[O-])ccc2N/N=C(\C)c2ccccc2O)cc1. The molecule has 0 aromatic heterocycles. The van der Waals surface area contributed by atoms with E-state index < -0.39 is 20.6 Å². The number of hydrogen-bond acceptors (Lipinski definition) is 8. The van der Waals surface area contributed by atoms with Crippen molar-refractivity contribution in [2.24, 2.45) is 5.10 Å². The summed E-state index contributed by atoms with van der Waals surface area (Å²) in [5, 5.41) is 25.3. The van der Waals surface area contributed by atoms with Crippen molar-refractivity contribution in [3.8, 4) is 11.5 Å². The van der Waals surface area contributed by atoms with Crippen LogP contribution < -0.4 is 14.9 Å². The van der Waals surface area contributed by atoms with Gasteiger partial charge >= 0.3 is 0 Å². The van der Waals surface area contributed by atoms with Crippen LogP contribution in [0, 0.1) is 10.1 Å². The minimum absolute atomic E-state index is 0.00765. The Bertz CT molecular complexity index is 1270. The number of nitro benzene ring substituents is 1. The van der Waals surface area contributed by atoms with E-state index in [0.717, 1.165) is 6.07 Å². The number of nitro groups is 1. The maximum Gasteiger partial charge on any atom is 0.270 e. The summed E-state index contributed by atoms with van der Waals surface area (Å²) in [5.41, 5.74) is 3.33. The molecule has 32 heavy (non-hydrogen) atoms. The third-order valence-corrected chi connectivity index (χ3v) is 5.87. The fourth-order valence-corrected chi connectivity index (χ4v) is 4.03. The molecule has 3 N–H and O–H groups in total. The summed E-state index contributed by atoms with van der Waals surface area (Å²) in [6.07, 6.45) is 0. The van der Waals surface area contributed by atoms with E-state index in [1.54, 1.807) is 37.3 Å². The third kappa shape index (κ3) is 5.13. The molecule has 0 heterocycles. The van der Waals surface area contributed by atoms with Gasteiger partial charge in [-0.15, -0.1) is 0 Å². The minimum atomic E-state index is -4.22. The van der Waals surface area contributed by atoms with Crippen molar-refractivity contribution in [3.05, 3.63) is 82.4 Å². The largest absolute Gasteiger partial charge is 0.507 e. The molecule has 0 fully saturated rings. The molecule has 0 saturated heterocycles. The summed E-state index contributed by atoms with van der Waals surface area (Å²) >= 11 is 0. The van der Waals surface area contributed by atoms with E-state index in [2.05, 4.69) is 15.2 Å². The quantitative estimate of drug-likeness (QED) is 0.264. The molecule has 0 aliphatic carbocycles. The number of aromatic hydroxyl groups is 1. The number of benzene rings is 3. The van der Waals surface area contributed by atoms with Crippen LogP contribution in [0.15, 0.2) is 76.7 Å². The second kappa shape index (κ2) is 9.35. The van der Waals surface area contributed by atoms with Crippen LogP contribution in [0.3, 0.4) is 0 Å². The Morgan fingerprint density at radius 1 is 1.09 bits per heavy atom. The second-order valence-electron chi connectivity index (χ2n) is 6.60. The molecule has 0 spiro atoms. The third-order valence-electron chi connectivity index (χ3n) is 4.45. The number of phenols is 1. The highest BCUT2D eigenvalue weighted by atomic mass is 32.2. The van der Waals surface area contributed by atoms with Crippen LogP contribution in [-0.2, 0) is 10.0 Å². The molecule has 3 aromatic rings. The Balaban J connectivity index is 1.97. The number of rotatable bonds is 8. The van der Waals surface area contributed by atoms with E-state index in [0.29, 0.717) is 17.0 Å². The normalized spacial score (nSPS) is 11.6. The van der Waals surface area contributed by atoms with Gasteiger partial charge in [0.15, 0.2) is 0 Å².